The highest BCUT2D eigenvalue weighted by Crippen LogP contribution is 2.38. The lowest BCUT2D eigenvalue weighted by molar-refractivity contribution is 0.102. The molecule has 0 amide bonds. The number of aromatic nitrogens is 2. The average Bonchev–Trinajstić information content (AvgIpc) is 3.18. The van der Waals surface area contributed by atoms with Crippen molar-refractivity contribution in [2.24, 2.45) is 0 Å². The Hall–Kier alpha value is -1.86. The maximum Gasteiger partial charge on any atom is 0.142 e. The smallest absolute Gasteiger partial charge is 0.142 e. The summed E-state index contributed by atoms with van der Waals surface area (Å²) < 4.78 is 14.7. The number of hydrogen-bond acceptors (Lipinski definition) is 6. The van der Waals surface area contributed by atoms with Crippen LogP contribution in [-0.2, 0) is 6.42 Å². The minimum Gasteiger partial charge on any atom is -0.356 e. The molecule has 4 rings (SSSR count). The first-order valence-electron chi connectivity index (χ1n) is 10.7. The van der Waals surface area contributed by atoms with Crippen molar-refractivity contribution in [3.05, 3.63) is 35.9 Å². The molecule has 1 saturated heterocycles. The molecule has 3 heterocycles. The van der Waals surface area contributed by atoms with E-state index in [0.29, 0.717) is 17.4 Å². The Labute approximate surface area is 183 Å². The summed E-state index contributed by atoms with van der Waals surface area (Å²) in [7, 11) is 2.13. The molecule has 0 radical (unpaired) electrons. The fourth-order valence-electron chi connectivity index (χ4n) is 4.61. The zero-order chi connectivity index (χ0) is 21.5. The molecule has 0 aliphatic carbocycles. The summed E-state index contributed by atoms with van der Waals surface area (Å²) in [5.41, 5.74) is 1.95. The van der Waals surface area contributed by atoms with Gasteiger partial charge in [-0.05, 0) is 58.4 Å². The first-order valence-corrected chi connectivity index (χ1v) is 11.9. The van der Waals surface area contributed by atoms with Gasteiger partial charge in [0.2, 0.25) is 0 Å². The van der Waals surface area contributed by atoms with E-state index >= 15 is 0 Å². The third kappa shape index (κ3) is 4.02. The molecule has 7 heteroatoms. The number of rotatable bonds is 4. The average molecular weight is 430 g/mol. The predicted octanol–water partition coefficient (Wildman–Crippen LogP) is 4.73. The summed E-state index contributed by atoms with van der Waals surface area (Å²) in [6, 6.07) is 6.41. The van der Waals surface area contributed by atoms with Crippen LogP contribution in [0, 0.1) is 5.82 Å². The Morgan fingerprint density at radius 3 is 2.53 bits per heavy atom. The van der Waals surface area contributed by atoms with Gasteiger partial charge in [0, 0.05) is 60.5 Å². The largest absolute Gasteiger partial charge is 0.356 e. The standard InChI is InChI=1S/C23H32FN5S/c1-23(2,3)28-11-8-16(9-12-28)27(4)20-14-21(26-15-25-20)29-13-10-17-18(29)6-7-19(30-5)22(17)24/h6-7,14-16H,8-13H2,1-5H3. The molecule has 1 aromatic heterocycles. The molecule has 2 aliphatic rings. The highest BCUT2D eigenvalue weighted by molar-refractivity contribution is 7.98. The molecule has 0 saturated carbocycles. The Morgan fingerprint density at radius 2 is 1.87 bits per heavy atom. The maximum atomic E-state index is 14.7. The second-order valence-electron chi connectivity index (χ2n) is 9.22. The molecule has 0 atom stereocenters. The summed E-state index contributed by atoms with van der Waals surface area (Å²) in [4.78, 5) is 16.7. The number of piperidine rings is 1. The molecule has 0 N–H and O–H groups in total. The lowest BCUT2D eigenvalue weighted by Gasteiger charge is -2.43. The fourth-order valence-corrected chi connectivity index (χ4v) is 5.12. The first-order chi connectivity index (χ1) is 14.3. The molecule has 162 valence electrons. The molecular weight excluding hydrogens is 397 g/mol. The van der Waals surface area contributed by atoms with Crippen LogP contribution in [0.4, 0.5) is 21.7 Å². The van der Waals surface area contributed by atoms with Crippen LogP contribution in [-0.4, -0.2) is 59.4 Å². The van der Waals surface area contributed by atoms with Crippen LogP contribution in [0.1, 0.15) is 39.2 Å². The summed E-state index contributed by atoms with van der Waals surface area (Å²) in [6.45, 7) is 9.81. The van der Waals surface area contributed by atoms with Gasteiger partial charge in [-0.3, -0.25) is 4.90 Å². The van der Waals surface area contributed by atoms with Gasteiger partial charge in [-0.2, -0.15) is 0 Å². The van der Waals surface area contributed by atoms with Gasteiger partial charge < -0.3 is 9.80 Å². The quantitative estimate of drug-likeness (QED) is 0.654. The second kappa shape index (κ2) is 8.35. The van der Waals surface area contributed by atoms with Crippen molar-refractivity contribution in [1.82, 2.24) is 14.9 Å². The van der Waals surface area contributed by atoms with Crippen molar-refractivity contribution in [3.63, 3.8) is 0 Å². The normalized spacial score (nSPS) is 18.0. The number of anilines is 3. The molecule has 2 aliphatic heterocycles. The molecule has 1 fully saturated rings. The molecular formula is C23H32FN5S. The van der Waals surface area contributed by atoms with Crippen LogP contribution in [0.3, 0.4) is 0 Å². The van der Waals surface area contributed by atoms with Crippen LogP contribution in [0.2, 0.25) is 0 Å². The van der Waals surface area contributed by atoms with E-state index in [9.17, 15) is 4.39 Å². The SMILES string of the molecule is CSc1ccc2c(c1F)CCN2c1cc(N(C)C2CCN(C(C)(C)C)CC2)ncn1. The van der Waals surface area contributed by atoms with E-state index in [1.807, 2.05) is 24.5 Å². The molecule has 1 aromatic carbocycles. The van der Waals surface area contributed by atoms with Gasteiger partial charge in [-0.1, -0.05) is 0 Å². The molecule has 2 aromatic rings. The topological polar surface area (TPSA) is 35.5 Å². The van der Waals surface area contributed by atoms with Crippen molar-refractivity contribution in [1.29, 1.82) is 0 Å². The van der Waals surface area contributed by atoms with Gasteiger partial charge in [0.05, 0.1) is 0 Å². The van der Waals surface area contributed by atoms with Gasteiger partial charge in [-0.15, -0.1) is 11.8 Å². The van der Waals surface area contributed by atoms with Crippen molar-refractivity contribution in [2.45, 2.75) is 56.5 Å². The number of fused-ring (bicyclic) bond motifs is 1. The first kappa shape index (κ1) is 21.4. The molecule has 5 nitrogen and oxygen atoms in total. The van der Waals surface area contributed by atoms with Crippen LogP contribution < -0.4 is 9.80 Å². The monoisotopic (exact) mass is 429 g/mol. The third-order valence-corrected chi connectivity index (χ3v) is 7.27. The zero-order valence-corrected chi connectivity index (χ0v) is 19.5. The summed E-state index contributed by atoms with van der Waals surface area (Å²) in [5, 5.41) is 0. The van der Waals surface area contributed by atoms with Gasteiger partial charge >= 0.3 is 0 Å². The summed E-state index contributed by atoms with van der Waals surface area (Å²) in [5.74, 6) is 1.69. The van der Waals surface area contributed by atoms with E-state index in [1.165, 1.54) is 11.8 Å². The fraction of sp³-hybridized carbons (Fsp3) is 0.565. The summed E-state index contributed by atoms with van der Waals surface area (Å²) >= 11 is 1.45. The Bertz CT molecular complexity index is 905. The number of halogens is 1. The van der Waals surface area contributed by atoms with Crippen LogP contribution in [0.5, 0.6) is 0 Å². The Kier molecular flexibility index (Phi) is 5.95. The van der Waals surface area contributed by atoms with Crippen LogP contribution >= 0.6 is 11.8 Å². The van der Waals surface area contributed by atoms with E-state index in [0.717, 1.165) is 55.4 Å². The summed E-state index contributed by atoms with van der Waals surface area (Å²) in [6.07, 6.45) is 6.51. The zero-order valence-electron chi connectivity index (χ0n) is 18.7. The van der Waals surface area contributed by atoms with Gasteiger partial charge in [0.15, 0.2) is 0 Å². The number of nitrogens with zero attached hydrogens (tertiary/aromatic N) is 5. The highest BCUT2D eigenvalue weighted by atomic mass is 32.2. The molecule has 0 bridgehead atoms. The molecule has 30 heavy (non-hydrogen) atoms. The number of benzene rings is 1. The molecule has 0 spiro atoms. The van der Waals surface area contributed by atoms with Crippen LogP contribution in [0.15, 0.2) is 29.4 Å². The van der Waals surface area contributed by atoms with Crippen LogP contribution in [0.25, 0.3) is 0 Å². The van der Waals surface area contributed by atoms with Gasteiger partial charge in [0.1, 0.15) is 23.8 Å². The van der Waals surface area contributed by atoms with E-state index in [-0.39, 0.29) is 11.4 Å². The van der Waals surface area contributed by atoms with E-state index < -0.39 is 0 Å². The van der Waals surface area contributed by atoms with Crippen molar-refractivity contribution in [2.75, 3.05) is 42.7 Å². The minimum absolute atomic E-state index is 0.0838. The Morgan fingerprint density at radius 1 is 1.13 bits per heavy atom. The van der Waals surface area contributed by atoms with Crippen molar-refractivity contribution >= 4 is 29.1 Å². The van der Waals surface area contributed by atoms with Gasteiger partial charge in [-0.25, -0.2) is 14.4 Å². The number of hydrogen-bond donors (Lipinski definition) is 0. The number of thioether (sulfide) groups is 1. The van der Waals surface area contributed by atoms with Crippen molar-refractivity contribution in [3.8, 4) is 0 Å². The lowest BCUT2D eigenvalue weighted by Crippen LogP contribution is -2.50. The maximum absolute atomic E-state index is 14.7. The third-order valence-electron chi connectivity index (χ3n) is 6.52. The highest BCUT2D eigenvalue weighted by Gasteiger charge is 2.30. The van der Waals surface area contributed by atoms with Gasteiger partial charge in [0.25, 0.3) is 0 Å². The lowest BCUT2D eigenvalue weighted by atomic mass is 9.97. The second-order valence-corrected chi connectivity index (χ2v) is 10.1. The Balaban J connectivity index is 1.52. The molecule has 0 unspecified atom stereocenters. The predicted molar refractivity (Wildman–Crippen MR) is 124 cm³/mol. The van der Waals surface area contributed by atoms with E-state index in [1.54, 1.807) is 6.33 Å². The minimum atomic E-state index is -0.0838. The number of likely N-dealkylation sites (tertiary alicyclic amines) is 1. The van der Waals surface area contributed by atoms with E-state index in [2.05, 4.69) is 52.5 Å². The van der Waals surface area contributed by atoms with Crippen molar-refractivity contribution < 1.29 is 4.39 Å². The van der Waals surface area contributed by atoms with E-state index in [4.69, 9.17) is 0 Å².